The number of amides is 2. The van der Waals surface area contributed by atoms with Crippen LogP contribution >= 0.6 is 11.3 Å². The third kappa shape index (κ3) is 2.73. The minimum atomic E-state index is -0.0200. The molecule has 1 aromatic heterocycles. The summed E-state index contributed by atoms with van der Waals surface area (Å²) in [6.45, 7) is 4.72. The quantitative estimate of drug-likeness (QED) is 0.819. The van der Waals surface area contributed by atoms with Crippen LogP contribution < -0.4 is 5.32 Å². The minimum absolute atomic E-state index is 0.0200. The van der Waals surface area contributed by atoms with Gasteiger partial charge in [0.2, 0.25) is 0 Å². The molecule has 1 aromatic rings. The largest absolute Gasteiger partial charge is 0.341 e. The molecule has 1 rings (SSSR count). The van der Waals surface area contributed by atoms with E-state index >= 15 is 0 Å². The predicted octanol–water partition coefficient (Wildman–Crippen LogP) is 2.30. The zero-order valence-electron chi connectivity index (χ0n) is 8.78. The number of thiophene rings is 1. The molecule has 0 spiro atoms. The smallest absolute Gasteiger partial charge is 0.317 e. The lowest BCUT2D eigenvalue weighted by Gasteiger charge is -2.25. The highest BCUT2D eigenvalue weighted by molar-refractivity contribution is 7.09. The van der Waals surface area contributed by atoms with Crippen LogP contribution in [0.2, 0.25) is 0 Å². The van der Waals surface area contributed by atoms with Crippen molar-refractivity contribution >= 4 is 17.4 Å². The lowest BCUT2D eigenvalue weighted by molar-refractivity contribution is 0.182. The second-order valence-corrected chi connectivity index (χ2v) is 4.39. The van der Waals surface area contributed by atoms with Gasteiger partial charge in [-0.05, 0) is 25.3 Å². The van der Waals surface area contributed by atoms with E-state index in [1.807, 2.05) is 36.3 Å². The summed E-state index contributed by atoms with van der Waals surface area (Å²) in [5, 5.41) is 4.68. The van der Waals surface area contributed by atoms with Gasteiger partial charge >= 0.3 is 6.03 Å². The van der Waals surface area contributed by atoms with Crippen molar-refractivity contribution in [3.8, 4) is 0 Å². The number of nitrogens with zero attached hydrogens (tertiary/aromatic N) is 1. The van der Waals surface area contributed by atoms with E-state index in [9.17, 15) is 4.79 Å². The highest BCUT2D eigenvalue weighted by Gasteiger charge is 2.15. The van der Waals surface area contributed by atoms with Crippen molar-refractivity contribution < 1.29 is 4.79 Å². The zero-order valence-corrected chi connectivity index (χ0v) is 9.60. The van der Waals surface area contributed by atoms with Gasteiger partial charge in [0, 0.05) is 18.0 Å². The lowest BCUT2D eigenvalue weighted by Crippen LogP contribution is -2.41. The summed E-state index contributed by atoms with van der Waals surface area (Å²) in [7, 11) is 1.66. The molecule has 78 valence electrons. The van der Waals surface area contributed by atoms with Gasteiger partial charge in [-0.3, -0.25) is 0 Å². The predicted molar refractivity (Wildman–Crippen MR) is 59.5 cm³/mol. The third-order valence-corrected chi connectivity index (χ3v) is 2.87. The van der Waals surface area contributed by atoms with Gasteiger partial charge < -0.3 is 10.2 Å². The molecule has 0 aliphatic carbocycles. The van der Waals surface area contributed by atoms with Crippen LogP contribution in [0.5, 0.6) is 0 Å². The van der Waals surface area contributed by atoms with Gasteiger partial charge in [0.25, 0.3) is 0 Å². The fraction of sp³-hybridized carbons (Fsp3) is 0.500. The van der Waals surface area contributed by atoms with E-state index in [1.54, 1.807) is 18.4 Å². The maximum absolute atomic E-state index is 11.5. The molecule has 0 radical (unpaired) electrons. The van der Waals surface area contributed by atoms with E-state index in [4.69, 9.17) is 0 Å². The first-order valence-corrected chi connectivity index (χ1v) is 5.54. The lowest BCUT2D eigenvalue weighted by atomic mass is 10.3. The Bertz CT molecular complexity index is 282. The molecule has 14 heavy (non-hydrogen) atoms. The Morgan fingerprint density at radius 3 is 2.79 bits per heavy atom. The van der Waals surface area contributed by atoms with Crippen LogP contribution in [-0.4, -0.2) is 24.0 Å². The summed E-state index contributed by atoms with van der Waals surface area (Å²) in [5.74, 6) is 0. The maximum Gasteiger partial charge on any atom is 0.317 e. The van der Waals surface area contributed by atoms with Crippen LogP contribution in [0.1, 0.15) is 18.7 Å². The topological polar surface area (TPSA) is 32.3 Å². The number of hydrogen-bond donors (Lipinski definition) is 1. The molecule has 4 heteroatoms. The fourth-order valence-corrected chi connectivity index (χ4v) is 1.91. The normalized spacial score (nSPS) is 10.3. The van der Waals surface area contributed by atoms with E-state index in [-0.39, 0.29) is 12.1 Å². The minimum Gasteiger partial charge on any atom is -0.341 e. The molecule has 0 saturated carbocycles. The molecular formula is C10H16N2OS. The molecule has 0 saturated heterocycles. The number of urea groups is 1. The summed E-state index contributed by atoms with van der Waals surface area (Å²) in [5.41, 5.74) is 0. The van der Waals surface area contributed by atoms with E-state index in [2.05, 4.69) is 5.32 Å². The van der Waals surface area contributed by atoms with Crippen LogP contribution in [0.25, 0.3) is 0 Å². The van der Waals surface area contributed by atoms with Crippen molar-refractivity contribution in [2.45, 2.75) is 26.4 Å². The van der Waals surface area contributed by atoms with Crippen LogP contribution in [0, 0.1) is 0 Å². The molecule has 0 fully saturated rings. The average Bonchev–Trinajstić information content (AvgIpc) is 2.65. The molecule has 0 bridgehead atoms. The van der Waals surface area contributed by atoms with Crippen molar-refractivity contribution in [3.63, 3.8) is 0 Å². The van der Waals surface area contributed by atoms with E-state index in [0.29, 0.717) is 6.54 Å². The third-order valence-electron chi connectivity index (χ3n) is 2.00. The molecule has 1 N–H and O–H groups in total. The van der Waals surface area contributed by atoms with Crippen LogP contribution in [0.3, 0.4) is 0 Å². The average molecular weight is 212 g/mol. The Labute approximate surface area is 88.7 Å². The Kier molecular flexibility index (Phi) is 3.95. The van der Waals surface area contributed by atoms with Gasteiger partial charge in [-0.15, -0.1) is 11.3 Å². The summed E-state index contributed by atoms with van der Waals surface area (Å²) < 4.78 is 0. The van der Waals surface area contributed by atoms with Crippen molar-refractivity contribution in [1.29, 1.82) is 0 Å². The Balaban J connectivity index is 2.65. The molecule has 0 atom stereocenters. The molecule has 0 aromatic carbocycles. The molecule has 0 aliphatic rings. The standard InChI is InChI=1S/C10H16N2OS/c1-8(2)12(10(13)11-3)7-9-5-4-6-14-9/h4-6,8H,7H2,1-3H3,(H,11,13). The first kappa shape index (κ1) is 11.0. The number of carbonyl (C=O) groups is 1. The van der Waals surface area contributed by atoms with Gasteiger partial charge in [-0.25, -0.2) is 4.79 Å². The van der Waals surface area contributed by atoms with E-state index in [0.717, 1.165) is 0 Å². The fourth-order valence-electron chi connectivity index (χ4n) is 1.20. The highest BCUT2D eigenvalue weighted by atomic mass is 32.1. The van der Waals surface area contributed by atoms with Crippen molar-refractivity contribution in [3.05, 3.63) is 22.4 Å². The Morgan fingerprint density at radius 2 is 2.36 bits per heavy atom. The monoisotopic (exact) mass is 212 g/mol. The van der Waals surface area contributed by atoms with Crippen molar-refractivity contribution in [2.75, 3.05) is 7.05 Å². The highest BCUT2D eigenvalue weighted by Crippen LogP contribution is 2.13. The Hall–Kier alpha value is -1.03. The maximum atomic E-state index is 11.5. The molecule has 2 amide bonds. The molecule has 0 aliphatic heterocycles. The first-order valence-electron chi connectivity index (χ1n) is 4.66. The number of hydrogen-bond acceptors (Lipinski definition) is 2. The summed E-state index contributed by atoms with van der Waals surface area (Å²) in [6.07, 6.45) is 0. The van der Waals surface area contributed by atoms with Crippen molar-refractivity contribution in [1.82, 2.24) is 10.2 Å². The number of rotatable bonds is 3. The van der Waals surface area contributed by atoms with Gasteiger partial charge in [-0.2, -0.15) is 0 Å². The number of nitrogens with one attached hydrogen (secondary N) is 1. The van der Waals surface area contributed by atoms with Crippen LogP contribution in [0.15, 0.2) is 17.5 Å². The van der Waals surface area contributed by atoms with Crippen molar-refractivity contribution in [2.24, 2.45) is 0 Å². The van der Waals surface area contributed by atoms with E-state index in [1.165, 1.54) is 4.88 Å². The van der Waals surface area contributed by atoms with Gasteiger partial charge in [0.05, 0.1) is 6.54 Å². The SMILES string of the molecule is CNC(=O)N(Cc1cccs1)C(C)C. The van der Waals surface area contributed by atoms with Crippen LogP contribution in [0.4, 0.5) is 4.79 Å². The second kappa shape index (κ2) is 5.00. The van der Waals surface area contributed by atoms with E-state index < -0.39 is 0 Å². The van der Waals surface area contributed by atoms with Gasteiger partial charge in [0.1, 0.15) is 0 Å². The first-order chi connectivity index (χ1) is 6.65. The second-order valence-electron chi connectivity index (χ2n) is 3.36. The van der Waals surface area contributed by atoms with Crippen LogP contribution in [-0.2, 0) is 6.54 Å². The Morgan fingerprint density at radius 1 is 1.64 bits per heavy atom. The van der Waals surface area contributed by atoms with Gasteiger partial charge in [-0.1, -0.05) is 6.07 Å². The van der Waals surface area contributed by atoms with Gasteiger partial charge in [0.15, 0.2) is 0 Å². The molecular weight excluding hydrogens is 196 g/mol. The zero-order chi connectivity index (χ0) is 10.6. The molecule has 1 heterocycles. The number of carbonyl (C=O) groups excluding carboxylic acids is 1. The summed E-state index contributed by atoms with van der Waals surface area (Å²) >= 11 is 1.67. The molecule has 3 nitrogen and oxygen atoms in total. The summed E-state index contributed by atoms with van der Waals surface area (Å²) in [6, 6.07) is 4.25. The molecule has 0 unspecified atom stereocenters. The summed E-state index contributed by atoms with van der Waals surface area (Å²) in [4.78, 5) is 14.5.